The third kappa shape index (κ3) is 4.77. The quantitative estimate of drug-likeness (QED) is 0.843. The van der Waals surface area contributed by atoms with Crippen LogP contribution in [0, 0.1) is 0 Å². The Morgan fingerprint density at radius 1 is 1.20 bits per heavy atom. The van der Waals surface area contributed by atoms with E-state index in [1.165, 1.54) is 11.4 Å². The maximum absolute atomic E-state index is 12.0. The molecule has 1 aromatic rings. The molecule has 0 atom stereocenters. The van der Waals surface area contributed by atoms with Crippen LogP contribution in [0.4, 0.5) is 5.69 Å². The Morgan fingerprint density at radius 2 is 1.75 bits per heavy atom. The molecule has 0 saturated carbocycles. The number of hydrogen-bond acceptors (Lipinski definition) is 3. The Hall–Kier alpha value is -1.11. The zero-order valence-electron chi connectivity index (χ0n) is 12.5. The molecule has 0 aromatic heterocycles. The van der Waals surface area contributed by atoms with Crippen molar-refractivity contribution in [1.82, 2.24) is 4.31 Å². The number of aliphatic hydroxyl groups is 1. The first-order valence-electron chi connectivity index (χ1n) is 6.62. The highest BCUT2D eigenvalue weighted by atomic mass is 32.2. The van der Waals surface area contributed by atoms with Gasteiger partial charge in [-0.2, -0.15) is 12.7 Å². The van der Waals surface area contributed by atoms with Gasteiger partial charge in [0.15, 0.2) is 0 Å². The number of aliphatic hydroxyl groups excluding tert-OH is 1. The number of benzene rings is 1. The lowest BCUT2D eigenvalue weighted by molar-refractivity contribution is 0.276. The Morgan fingerprint density at radius 3 is 2.20 bits per heavy atom. The van der Waals surface area contributed by atoms with Crippen molar-refractivity contribution >= 4 is 15.9 Å². The maximum atomic E-state index is 12.0. The summed E-state index contributed by atoms with van der Waals surface area (Å²) in [5.74, 6) is 0. The van der Waals surface area contributed by atoms with E-state index in [9.17, 15) is 8.42 Å². The van der Waals surface area contributed by atoms with Gasteiger partial charge in [0.05, 0.1) is 0 Å². The molecule has 0 unspecified atom stereocenters. The Kier molecular flexibility index (Phi) is 5.56. The smallest absolute Gasteiger partial charge is 0.301 e. The first-order valence-corrected chi connectivity index (χ1v) is 8.06. The molecule has 114 valence electrons. The van der Waals surface area contributed by atoms with Gasteiger partial charge in [0.2, 0.25) is 0 Å². The van der Waals surface area contributed by atoms with Crippen molar-refractivity contribution in [1.29, 1.82) is 0 Å². The molecule has 0 aliphatic carbocycles. The first kappa shape index (κ1) is 16.9. The number of rotatable bonds is 6. The summed E-state index contributed by atoms with van der Waals surface area (Å²) in [6.45, 7) is 6.57. The summed E-state index contributed by atoms with van der Waals surface area (Å²) in [5, 5.41) is 8.74. The highest BCUT2D eigenvalue weighted by Crippen LogP contribution is 2.23. The lowest BCUT2D eigenvalue weighted by Gasteiger charge is -2.20. The van der Waals surface area contributed by atoms with Crippen LogP contribution in [0.15, 0.2) is 24.3 Å². The van der Waals surface area contributed by atoms with Crippen molar-refractivity contribution in [2.75, 3.05) is 24.9 Å². The van der Waals surface area contributed by atoms with Gasteiger partial charge in [0, 0.05) is 25.9 Å². The lowest BCUT2D eigenvalue weighted by atomic mass is 9.87. The normalized spacial score (nSPS) is 12.7. The van der Waals surface area contributed by atoms with Gasteiger partial charge in [0.25, 0.3) is 0 Å². The van der Waals surface area contributed by atoms with Crippen LogP contribution < -0.4 is 4.72 Å². The van der Waals surface area contributed by atoms with E-state index in [-0.39, 0.29) is 18.6 Å². The van der Waals surface area contributed by atoms with Crippen molar-refractivity contribution in [2.24, 2.45) is 0 Å². The molecule has 0 bridgehead atoms. The topological polar surface area (TPSA) is 69.6 Å². The SMILES string of the molecule is CN(CCCO)S(=O)(=O)Nc1ccc(C(C)(C)C)cc1. The lowest BCUT2D eigenvalue weighted by Crippen LogP contribution is -2.33. The minimum Gasteiger partial charge on any atom is -0.396 e. The predicted octanol–water partition coefficient (Wildman–Crippen LogP) is 1.95. The van der Waals surface area contributed by atoms with Crippen molar-refractivity contribution in [2.45, 2.75) is 32.6 Å². The minimum absolute atomic E-state index is 0.0276. The second-order valence-corrected chi connectivity index (χ2v) is 7.61. The fourth-order valence-corrected chi connectivity index (χ4v) is 2.64. The Bertz CT molecular complexity index is 518. The zero-order chi connectivity index (χ0) is 15.4. The molecule has 20 heavy (non-hydrogen) atoms. The second-order valence-electron chi connectivity index (χ2n) is 5.83. The predicted molar refractivity (Wildman–Crippen MR) is 82.0 cm³/mol. The molecule has 0 heterocycles. The fraction of sp³-hybridized carbons (Fsp3) is 0.571. The van der Waals surface area contributed by atoms with Crippen molar-refractivity contribution < 1.29 is 13.5 Å². The van der Waals surface area contributed by atoms with Crippen molar-refractivity contribution in [3.05, 3.63) is 29.8 Å². The van der Waals surface area contributed by atoms with E-state index in [0.717, 1.165) is 5.56 Å². The highest BCUT2D eigenvalue weighted by Gasteiger charge is 2.18. The summed E-state index contributed by atoms with van der Waals surface area (Å²) in [7, 11) is -2.07. The van der Waals surface area contributed by atoms with E-state index < -0.39 is 10.2 Å². The molecule has 1 aromatic carbocycles. The third-order valence-electron chi connectivity index (χ3n) is 3.04. The van der Waals surface area contributed by atoms with E-state index in [1.807, 2.05) is 12.1 Å². The van der Waals surface area contributed by atoms with Gasteiger partial charge in [-0.05, 0) is 29.5 Å². The molecule has 0 amide bonds. The molecule has 0 spiro atoms. The number of hydrogen-bond donors (Lipinski definition) is 2. The summed E-state index contributed by atoms with van der Waals surface area (Å²) in [6, 6.07) is 7.37. The molecule has 1 rings (SSSR count). The molecular weight excluding hydrogens is 276 g/mol. The Balaban J connectivity index is 2.78. The van der Waals surface area contributed by atoms with Gasteiger partial charge < -0.3 is 5.11 Å². The minimum atomic E-state index is -3.56. The Labute approximate surface area is 121 Å². The highest BCUT2D eigenvalue weighted by molar-refractivity contribution is 7.90. The van der Waals surface area contributed by atoms with Crippen LogP contribution in [0.2, 0.25) is 0 Å². The van der Waals surface area contributed by atoms with E-state index >= 15 is 0 Å². The summed E-state index contributed by atoms with van der Waals surface area (Å²) < 4.78 is 27.8. The molecule has 0 aliphatic rings. The summed E-state index contributed by atoms with van der Waals surface area (Å²) in [4.78, 5) is 0. The van der Waals surface area contributed by atoms with Gasteiger partial charge in [-0.15, -0.1) is 0 Å². The molecular formula is C14H24N2O3S. The van der Waals surface area contributed by atoms with Crippen LogP contribution in [-0.2, 0) is 15.6 Å². The van der Waals surface area contributed by atoms with Gasteiger partial charge in [0.1, 0.15) is 0 Å². The van der Waals surface area contributed by atoms with Crippen LogP contribution >= 0.6 is 0 Å². The third-order valence-corrected chi connectivity index (χ3v) is 4.54. The fourth-order valence-electron chi connectivity index (χ4n) is 1.68. The molecule has 0 fully saturated rings. The van der Waals surface area contributed by atoms with E-state index in [4.69, 9.17) is 5.11 Å². The zero-order valence-corrected chi connectivity index (χ0v) is 13.4. The molecule has 0 radical (unpaired) electrons. The second kappa shape index (κ2) is 6.56. The van der Waals surface area contributed by atoms with Gasteiger partial charge >= 0.3 is 10.2 Å². The summed E-state index contributed by atoms with van der Waals surface area (Å²) in [6.07, 6.45) is 0.417. The number of nitrogens with zero attached hydrogens (tertiary/aromatic N) is 1. The summed E-state index contributed by atoms with van der Waals surface area (Å²) in [5.41, 5.74) is 1.72. The van der Waals surface area contributed by atoms with Gasteiger partial charge in [-0.25, -0.2) is 0 Å². The first-order chi connectivity index (χ1) is 9.16. The molecule has 5 nitrogen and oxygen atoms in total. The molecule has 2 N–H and O–H groups in total. The van der Waals surface area contributed by atoms with Crippen molar-refractivity contribution in [3.63, 3.8) is 0 Å². The van der Waals surface area contributed by atoms with E-state index in [2.05, 4.69) is 25.5 Å². The number of nitrogens with one attached hydrogen (secondary N) is 1. The van der Waals surface area contributed by atoms with Crippen molar-refractivity contribution in [3.8, 4) is 0 Å². The van der Waals surface area contributed by atoms with E-state index in [0.29, 0.717) is 12.1 Å². The van der Waals surface area contributed by atoms with E-state index in [1.54, 1.807) is 12.1 Å². The molecule has 0 saturated heterocycles. The summed E-state index contributed by atoms with van der Waals surface area (Å²) >= 11 is 0. The monoisotopic (exact) mass is 300 g/mol. The molecule has 6 heteroatoms. The standard InChI is InChI=1S/C14H24N2O3S/c1-14(2,3)12-6-8-13(9-7-12)15-20(18,19)16(4)10-5-11-17/h6-9,15,17H,5,10-11H2,1-4H3. The molecule has 0 aliphatic heterocycles. The van der Waals surface area contributed by atoms with Crippen LogP contribution in [0.3, 0.4) is 0 Å². The largest absolute Gasteiger partial charge is 0.396 e. The average molecular weight is 300 g/mol. The maximum Gasteiger partial charge on any atom is 0.301 e. The van der Waals surface area contributed by atoms with Gasteiger partial charge in [-0.3, -0.25) is 4.72 Å². The van der Waals surface area contributed by atoms with Gasteiger partial charge in [-0.1, -0.05) is 32.9 Å². The average Bonchev–Trinajstić information content (AvgIpc) is 2.34. The van der Waals surface area contributed by atoms with Crippen LogP contribution in [0.25, 0.3) is 0 Å². The number of anilines is 1. The van der Waals surface area contributed by atoms with Crippen LogP contribution in [-0.4, -0.2) is 38.0 Å². The van der Waals surface area contributed by atoms with Crippen LogP contribution in [0.5, 0.6) is 0 Å². The van der Waals surface area contributed by atoms with Crippen LogP contribution in [0.1, 0.15) is 32.8 Å².